The summed E-state index contributed by atoms with van der Waals surface area (Å²) in [6, 6.07) is 0. The van der Waals surface area contributed by atoms with Crippen molar-refractivity contribution in [1.29, 1.82) is 0 Å². The molecule has 0 bridgehead atoms. The second kappa shape index (κ2) is 3.66. The van der Waals surface area contributed by atoms with E-state index in [4.69, 9.17) is 0 Å². The van der Waals surface area contributed by atoms with E-state index in [0.717, 1.165) is 0 Å². The van der Waals surface area contributed by atoms with Gasteiger partial charge in [-0.3, -0.25) is 0 Å². The third-order valence-corrected chi connectivity index (χ3v) is 7.78. The van der Waals surface area contributed by atoms with E-state index in [-0.39, 0.29) is 0 Å². The van der Waals surface area contributed by atoms with Gasteiger partial charge in [0, 0.05) is 0 Å². The van der Waals surface area contributed by atoms with Crippen LogP contribution in [0, 0.1) is 0 Å². The van der Waals surface area contributed by atoms with Crippen LogP contribution in [-0.4, -0.2) is 36.2 Å². The molecule has 92 valence electrons. The van der Waals surface area contributed by atoms with E-state index >= 15 is 0 Å². The Bertz CT molecular complexity index is 381. The summed E-state index contributed by atoms with van der Waals surface area (Å²) in [5.41, 5.74) is 0. The SMILES string of the molecule is O=[Se](=O)(O[Se](=O)(=O)C(F)(F)F)C(F)(F)F. The topological polar surface area (TPSA) is 77.5 Å². The van der Waals surface area contributed by atoms with Crippen molar-refractivity contribution in [2.24, 2.45) is 0 Å². The minimum atomic E-state index is -7.62. The number of hydrogen-bond acceptors (Lipinski definition) is 5. The Morgan fingerprint density at radius 3 is 1.00 bits per heavy atom. The van der Waals surface area contributed by atoms with Gasteiger partial charge in [-0.25, -0.2) is 0 Å². The summed E-state index contributed by atoms with van der Waals surface area (Å²) in [4.78, 5) is 0. The summed E-state index contributed by atoms with van der Waals surface area (Å²) >= 11 is -15.2. The summed E-state index contributed by atoms with van der Waals surface area (Å²) in [5, 5.41) is -12.3. The molecule has 0 saturated carbocycles. The van der Waals surface area contributed by atoms with E-state index in [1.807, 2.05) is 0 Å². The predicted molar refractivity (Wildman–Crippen MR) is 27.4 cm³/mol. The van der Waals surface area contributed by atoms with Gasteiger partial charge < -0.3 is 0 Å². The van der Waals surface area contributed by atoms with Gasteiger partial charge >= 0.3 is 80.8 Å². The first kappa shape index (κ1) is 14.8. The molecular formula is C2F6O5Se2. The van der Waals surface area contributed by atoms with Crippen molar-refractivity contribution in [1.82, 2.24) is 0 Å². The molecule has 5 nitrogen and oxygen atoms in total. The Balaban J connectivity index is 5.28. The average Bonchev–Trinajstić information content (AvgIpc) is 1.77. The molecule has 0 aromatic carbocycles. The third kappa shape index (κ3) is 3.38. The van der Waals surface area contributed by atoms with Crippen LogP contribution in [0.25, 0.3) is 0 Å². The molecule has 0 saturated heterocycles. The average molecular weight is 376 g/mol. The monoisotopic (exact) mass is 378 g/mol. The third-order valence-electron chi connectivity index (χ3n) is 0.746. The Hall–Kier alpha value is -0.221. The predicted octanol–water partition coefficient (Wildman–Crippen LogP) is 0.806. The van der Waals surface area contributed by atoms with Crippen molar-refractivity contribution in [3.8, 4) is 0 Å². The summed E-state index contributed by atoms with van der Waals surface area (Å²) in [5.74, 6) is 0. The molecule has 0 heterocycles. The molecule has 0 amide bonds. The second-order valence-corrected chi connectivity index (χ2v) is 9.39. The molecule has 0 aliphatic rings. The molecule has 0 rings (SSSR count). The molecule has 0 aromatic heterocycles. The molecule has 15 heavy (non-hydrogen) atoms. The second-order valence-electron chi connectivity index (χ2n) is 1.87. The number of rotatable bonds is 2. The normalized spacial score (nSPS) is 15.3. The van der Waals surface area contributed by atoms with Crippen molar-refractivity contribution in [3.05, 3.63) is 0 Å². The summed E-state index contributed by atoms with van der Waals surface area (Å²) < 4.78 is 111. The molecule has 0 spiro atoms. The fourth-order valence-electron chi connectivity index (χ4n) is 0.195. The van der Waals surface area contributed by atoms with Crippen LogP contribution in [0.4, 0.5) is 26.3 Å². The first-order valence-corrected chi connectivity index (χ1v) is 8.45. The van der Waals surface area contributed by atoms with Gasteiger partial charge in [-0.15, -0.1) is 0 Å². The van der Waals surface area contributed by atoms with Crippen LogP contribution in [0.5, 0.6) is 0 Å². The summed E-state index contributed by atoms with van der Waals surface area (Å²) in [6.45, 7) is 0. The van der Waals surface area contributed by atoms with Gasteiger partial charge in [0.15, 0.2) is 0 Å². The Kier molecular flexibility index (Phi) is 3.61. The van der Waals surface area contributed by atoms with Gasteiger partial charge in [-0.05, 0) is 0 Å². The number of alkyl halides is 6. The van der Waals surface area contributed by atoms with Crippen LogP contribution in [0.15, 0.2) is 0 Å². The Morgan fingerprint density at radius 2 is 0.867 bits per heavy atom. The molecular weight excluding hydrogens is 376 g/mol. The van der Waals surface area contributed by atoms with E-state index in [9.17, 15) is 41.7 Å². The zero-order valence-corrected chi connectivity index (χ0v) is 9.55. The van der Waals surface area contributed by atoms with Gasteiger partial charge in [0.25, 0.3) is 0 Å². The zero-order valence-electron chi connectivity index (χ0n) is 6.13. The summed E-state index contributed by atoms with van der Waals surface area (Å²) in [6.07, 6.45) is 0. The van der Waals surface area contributed by atoms with Crippen molar-refractivity contribution in [2.45, 2.75) is 10.1 Å². The quantitative estimate of drug-likeness (QED) is 0.527. The maximum atomic E-state index is 11.5. The van der Waals surface area contributed by atoms with Crippen LogP contribution >= 0.6 is 0 Å². The van der Waals surface area contributed by atoms with Crippen molar-refractivity contribution >= 4 is 26.1 Å². The standard InChI is InChI=1S/C2F6O5Se2/c3-1(4,5)14(9,10)13-15(11,12)2(6,7)8. The molecule has 0 N–H and O–H groups in total. The van der Waals surface area contributed by atoms with E-state index in [0.29, 0.717) is 0 Å². The fraction of sp³-hybridized carbons (Fsp3) is 1.00. The molecule has 0 radical (unpaired) electrons. The van der Waals surface area contributed by atoms with Crippen molar-refractivity contribution in [2.75, 3.05) is 0 Å². The molecule has 0 fully saturated rings. The van der Waals surface area contributed by atoms with Crippen LogP contribution < -0.4 is 0 Å². The molecule has 0 aromatic rings. The van der Waals surface area contributed by atoms with Crippen molar-refractivity contribution in [3.63, 3.8) is 0 Å². The first-order chi connectivity index (χ1) is 6.21. The van der Waals surface area contributed by atoms with Crippen LogP contribution in [-0.2, 0) is 18.2 Å². The van der Waals surface area contributed by atoms with Crippen molar-refractivity contribution < 1.29 is 44.6 Å². The molecule has 0 aliphatic heterocycles. The van der Waals surface area contributed by atoms with Crippen LogP contribution in [0.3, 0.4) is 0 Å². The Morgan fingerprint density at radius 1 is 0.667 bits per heavy atom. The number of hydrogen-bond donors (Lipinski definition) is 0. The molecule has 0 unspecified atom stereocenters. The number of halogens is 6. The molecule has 13 heteroatoms. The van der Waals surface area contributed by atoms with E-state index in [2.05, 4.69) is 2.90 Å². The first-order valence-electron chi connectivity index (χ1n) is 2.54. The van der Waals surface area contributed by atoms with E-state index in [1.54, 1.807) is 0 Å². The van der Waals surface area contributed by atoms with Gasteiger partial charge in [0.05, 0.1) is 0 Å². The molecule has 0 aliphatic carbocycles. The minimum absolute atomic E-state index is 2.19. The van der Waals surface area contributed by atoms with E-state index in [1.165, 1.54) is 0 Å². The van der Waals surface area contributed by atoms with Gasteiger partial charge in [-0.2, -0.15) is 0 Å². The van der Waals surface area contributed by atoms with E-state index < -0.39 is 36.2 Å². The van der Waals surface area contributed by atoms with Gasteiger partial charge in [-0.1, -0.05) is 0 Å². The maximum absolute atomic E-state index is 11.5. The Labute approximate surface area is 81.3 Å². The van der Waals surface area contributed by atoms with Crippen LogP contribution in [0.1, 0.15) is 0 Å². The zero-order chi connectivity index (χ0) is 12.7. The van der Waals surface area contributed by atoms with Gasteiger partial charge in [0.2, 0.25) is 0 Å². The van der Waals surface area contributed by atoms with Gasteiger partial charge in [0.1, 0.15) is 0 Å². The molecule has 0 atom stereocenters. The fourth-order valence-corrected chi connectivity index (χ4v) is 5.27. The summed E-state index contributed by atoms with van der Waals surface area (Å²) in [7, 11) is 0. The van der Waals surface area contributed by atoms with Crippen LogP contribution in [0.2, 0.25) is 0 Å².